The number of fused-ring (bicyclic) bond motifs is 1. The Morgan fingerprint density at radius 3 is 2.69 bits per heavy atom. The highest BCUT2D eigenvalue weighted by Crippen LogP contribution is 2.24. The lowest BCUT2D eigenvalue weighted by Crippen LogP contribution is -2.13. The highest BCUT2D eigenvalue weighted by atomic mass is 16.3. The summed E-state index contributed by atoms with van der Waals surface area (Å²) in [5.41, 5.74) is 7.17. The topological polar surface area (TPSA) is 66.6 Å². The number of para-hydroxylation sites is 1. The Bertz CT molecular complexity index is 1040. The second kappa shape index (κ2) is 6.52. The molecule has 1 aliphatic heterocycles. The third-order valence-electron chi connectivity index (χ3n) is 4.66. The Morgan fingerprint density at radius 1 is 1.12 bits per heavy atom. The van der Waals surface area contributed by atoms with Gasteiger partial charge in [0.05, 0.1) is 11.3 Å². The zero-order valence-electron chi connectivity index (χ0n) is 14.4. The first-order valence-corrected chi connectivity index (χ1v) is 8.53. The highest BCUT2D eigenvalue weighted by molar-refractivity contribution is 6.28. The van der Waals surface area contributed by atoms with E-state index in [1.54, 1.807) is 12.1 Å². The van der Waals surface area contributed by atoms with E-state index in [0.29, 0.717) is 12.0 Å². The first-order chi connectivity index (χ1) is 12.6. The fraction of sp³-hybridized carbons (Fsp3) is 0.143. The van der Waals surface area contributed by atoms with Gasteiger partial charge in [-0.15, -0.1) is 0 Å². The van der Waals surface area contributed by atoms with Gasteiger partial charge in [-0.2, -0.15) is 5.10 Å². The number of nitrogens with one attached hydrogen (secondary N) is 1. The van der Waals surface area contributed by atoms with Gasteiger partial charge in [-0.05, 0) is 42.7 Å². The number of phenolic OH excluding ortho intramolecular Hbond substituents is 1. The normalized spacial score (nSPS) is 15.5. The SMILES string of the molecule is Cn1cc(C=C2C(=O)NN=C2CCc2ccc(O)cc2)c2ccccc21. The molecule has 0 saturated heterocycles. The number of rotatable bonds is 4. The summed E-state index contributed by atoms with van der Waals surface area (Å²) in [5, 5.41) is 14.7. The molecule has 2 aromatic carbocycles. The maximum atomic E-state index is 12.3. The van der Waals surface area contributed by atoms with Crippen molar-refractivity contribution in [1.82, 2.24) is 9.99 Å². The van der Waals surface area contributed by atoms with Gasteiger partial charge in [0, 0.05) is 29.7 Å². The van der Waals surface area contributed by atoms with E-state index < -0.39 is 0 Å². The van der Waals surface area contributed by atoms with Crippen LogP contribution in [0, 0.1) is 0 Å². The van der Waals surface area contributed by atoms with Crippen molar-refractivity contribution in [2.24, 2.45) is 12.1 Å². The second-order valence-corrected chi connectivity index (χ2v) is 6.44. The molecule has 3 aromatic rings. The first-order valence-electron chi connectivity index (χ1n) is 8.53. The van der Waals surface area contributed by atoms with E-state index in [-0.39, 0.29) is 11.7 Å². The monoisotopic (exact) mass is 345 g/mol. The molecular weight excluding hydrogens is 326 g/mol. The molecule has 0 radical (unpaired) electrons. The van der Waals surface area contributed by atoms with Crippen LogP contribution >= 0.6 is 0 Å². The Labute approximate surface area is 151 Å². The van der Waals surface area contributed by atoms with Crippen molar-refractivity contribution in [1.29, 1.82) is 0 Å². The van der Waals surface area contributed by atoms with E-state index in [9.17, 15) is 9.90 Å². The van der Waals surface area contributed by atoms with Gasteiger partial charge in [0.15, 0.2) is 0 Å². The van der Waals surface area contributed by atoms with E-state index >= 15 is 0 Å². The highest BCUT2D eigenvalue weighted by Gasteiger charge is 2.22. The van der Waals surface area contributed by atoms with Crippen LogP contribution in [0.5, 0.6) is 5.75 Å². The number of phenols is 1. The summed E-state index contributed by atoms with van der Waals surface area (Å²) in [5.74, 6) is 0.0824. The van der Waals surface area contributed by atoms with Crippen LogP contribution in [0.1, 0.15) is 17.5 Å². The zero-order chi connectivity index (χ0) is 18.1. The lowest BCUT2D eigenvalue weighted by molar-refractivity contribution is -0.116. The standard InChI is InChI=1S/C21H19N3O2/c1-24-13-15(17-4-2-3-5-20(17)24)12-18-19(22-23-21(18)26)11-8-14-6-9-16(25)10-7-14/h2-7,9-10,12-13,25H,8,11H2,1H3,(H,23,26). The van der Waals surface area contributed by atoms with Crippen LogP contribution in [0.3, 0.4) is 0 Å². The minimum absolute atomic E-state index is 0.168. The number of hydrogen-bond acceptors (Lipinski definition) is 3. The molecular formula is C21H19N3O2. The minimum Gasteiger partial charge on any atom is -0.508 e. The Balaban J connectivity index is 1.61. The lowest BCUT2D eigenvalue weighted by Gasteiger charge is -2.03. The Morgan fingerprint density at radius 2 is 1.88 bits per heavy atom. The van der Waals surface area contributed by atoms with Crippen LogP contribution in [0.25, 0.3) is 17.0 Å². The molecule has 2 heterocycles. The zero-order valence-corrected chi connectivity index (χ0v) is 14.4. The molecule has 0 bridgehead atoms. The summed E-state index contributed by atoms with van der Waals surface area (Å²) in [4.78, 5) is 12.3. The number of aromatic nitrogens is 1. The lowest BCUT2D eigenvalue weighted by atomic mass is 10.00. The van der Waals surface area contributed by atoms with Crippen molar-refractivity contribution in [3.05, 3.63) is 71.4 Å². The minimum atomic E-state index is -0.168. The molecule has 2 N–H and O–H groups in total. The van der Waals surface area contributed by atoms with Crippen molar-refractivity contribution < 1.29 is 9.90 Å². The Kier molecular flexibility index (Phi) is 4.05. The van der Waals surface area contributed by atoms with E-state index in [1.165, 1.54) is 0 Å². The van der Waals surface area contributed by atoms with Gasteiger partial charge in [0.2, 0.25) is 0 Å². The fourth-order valence-corrected chi connectivity index (χ4v) is 3.28. The first kappa shape index (κ1) is 16.1. The van der Waals surface area contributed by atoms with Crippen molar-refractivity contribution >= 4 is 28.6 Å². The molecule has 1 aliphatic rings. The number of aromatic hydroxyl groups is 1. The number of aryl methyl sites for hydroxylation is 2. The molecule has 4 rings (SSSR count). The maximum Gasteiger partial charge on any atom is 0.273 e. The molecule has 0 spiro atoms. The molecule has 1 amide bonds. The van der Waals surface area contributed by atoms with Gasteiger partial charge < -0.3 is 9.67 Å². The number of amides is 1. The van der Waals surface area contributed by atoms with Crippen molar-refractivity contribution in [2.75, 3.05) is 0 Å². The van der Waals surface area contributed by atoms with Crippen LogP contribution in [0.4, 0.5) is 0 Å². The molecule has 5 heteroatoms. The summed E-state index contributed by atoms with van der Waals surface area (Å²) < 4.78 is 2.06. The summed E-state index contributed by atoms with van der Waals surface area (Å²) in [6.07, 6.45) is 5.35. The van der Waals surface area contributed by atoms with E-state index in [1.807, 2.05) is 43.6 Å². The smallest absolute Gasteiger partial charge is 0.273 e. The van der Waals surface area contributed by atoms with Crippen molar-refractivity contribution in [3.63, 3.8) is 0 Å². The number of hydrogen-bond donors (Lipinski definition) is 2. The summed E-state index contributed by atoms with van der Waals surface area (Å²) in [7, 11) is 2.00. The van der Waals surface area contributed by atoms with Crippen molar-refractivity contribution in [2.45, 2.75) is 12.8 Å². The van der Waals surface area contributed by atoms with Gasteiger partial charge in [-0.1, -0.05) is 30.3 Å². The second-order valence-electron chi connectivity index (χ2n) is 6.44. The predicted octanol–water partition coefficient (Wildman–Crippen LogP) is 3.39. The van der Waals surface area contributed by atoms with Gasteiger partial charge in [0.1, 0.15) is 5.75 Å². The van der Waals surface area contributed by atoms with E-state index in [4.69, 9.17) is 0 Å². The van der Waals surface area contributed by atoms with Crippen LogP contribution in [0.2, 0.25) is 0 Å². The van der Waals surface area contributed by atoms with Crippen LogP contribution in [-0.2, 0) is 18.3 Å². The predicted molar refractivity (Wildman–Crippen MR) is 103 cm³/mol. The summed E-state index contributed by atoms with van der Waals surface area (Å²) >= 11 is 0. The number of carbonyl (C=O) groups excluding carboxylic acids is 1. The van der Waals surface area contributed by atoms with E-state index in [0.717, 1.165) is 34.2 Å². The number of hydrazone groups is 1. The molecule has 0 saturated carbocycles. The summed E-state index contributed by atoms with van der Waals surface area (Å²) in [6.45, 7) is 0. The molecule has 0 fully saturated rings. The average molecular weight is 345 g/mol. The quantitative estimate of drug-likeness (QED) is 0.712. The third-order valence-corrected chi connectivity index (χ3v) is 4.66. The molecule has 0 aliphatic carbocycles. The molecule has 0 unspecified atom stereocenters. The molecule has 0 atom stereocenters. The third kappa shape index (κ3) is 2.99. The van der Waals surface area contributed by atoms with Gasteiger partial charge in [0.25, 0.3) is 5.91 Å². The van der Waals surface area contributed by atoms with Crippen LogP contribution in [0.15, 0.2) is 65.4 Å². The van der Waals surface area contributed by atoms with Crippen LogP contribution < -0.4 is 5.43 Å². The molecule has 1 aromatic heterocycles. The molecule has 5 nitrogen and oxygen atoms in total. The number of benzene rings is 2. The molecule has 26 heavy (non-hydrogen) atoms. The van der Waals surface area contributed by atoms with Gasteiger partial charge in [-0.25, -0.2) is 5.43 Å². The fourth-order valence-electron chi connectivity index (χ4n) is 3.28. The number of nitrogens with zero attached hydrogens (tertiary/aromatic N) is 2. The van der Waals surface area contributed by atoms with E-state index in [2.05, 4.69) is 27.2 Å². The maximum absolute atomic E-state index is 12.3. The molecule has 130 valence electrons. The van der Waals surface area contributed by atoms with Gasteiger partial charge >= 0.3 is 0 Å². The van der Waals surface area contributed by atoms with Gasteiger partial charge in [-0.3, -0.25) is 4.79 Å². The number of carbonyl (C=O) groups is 1. The van der Waals surface area contributed by atoms with Crippen LogP contribution in [-0.4, -0.2) is 21.3 Å². The Hall–Kier alpha value is -3.34. The largest absolute Gasteiger partial charge is 0.508 e. The van der Waals surface area contributed by atoms with Crippen molar-refractivity contribution in [3.8, 4) is 5.75 Å². The summed E-state index contributed by atoms with van der Waals surface area (Å²) in [6, 6.07) is 15.2. The average Bonchev–Trinajstić information content (AvgIpc) is 3.16.